The normalized spacial score (nSPS) is 15.6. The van der Waals surface area contributed by atoms with Gasteiger partial charge in [-0.25, -0.2) is 4.98 Å². The molecule has 0 bridgehead atoms. The Morgan fingerprint density at radius 2 is 1.13 bits per heavy atom. The van der Waals surface area contributed by atoms with E-state index in [2.05, 4.69) is 62.9 Å². The number of benzene rings is 2. The van der Waals surface area contributed by atoms with E-state index in [1.807, 2.05) is 106 Å². The fourth-order valence-corrected chi connectivity index (χ4v) is 8.76. The molecule has 2 aromatic carbocycles. The first-order chi connectivity index (χ1) is 39.7. The average molecular weight is 1160 g/mol. The Bertz CT molecular complexity index is 3380. The number of nitrogens with one attached hydrogen (secondary N) is 2. The highest BCUT2D eigenvalue weighted by atomic mass is 35.5. The minimum Gasteiger partial charge on any atom is -0.472 e. The predicted octanol–water partition coefficient (Wildman–Crippen LogP) is 9.42. The summed E-state index contributed by atoms with van der Waals surface area (Å²) in [5, 5.41) is 41.5. The number of hydrogen-bond donors (Lipinski definition) is 2. The standard InChI is InChI=1S/C27H31N7O3.C23H28BN3O3.C11H16ClN3O2/c1-17(2)37-26-24(34-10-12-36-13-11-34)31-23(32-33-26)21-15-20(7-6-18(21)3)30-25(35)19-8-9-29-22(14-19)27(4,5)16-28;1-15-8-9-17(13-18(15)24-29-22(4,5)23(6,7)30-24)27-20(28)16-10-11-26-19(12-16)21(2,3)14-25;1-8(2)17-11-9(7-10(12)13-14-11)15-3-5-16-6-4-15/h6-9,14-15,17H,10-13H2,1-5H3,(H,30,35);8-13H,1-7H3,(H,27,28);7-8H,3-6H2,1-2H3. The average Bonchev–Trinajstić information content (AvgIpc) is 3.97. The Kier molecular flexibility index (Phi) is 20.7. The number of morpholine rings is 2. The number of carbonyl (C=O) groups is 2. The monoisotopic (exact) mass is 1160 g/mol. The number of hydrogen-bond acceptors (Lipinski definition) is 19. The number of anilines is 4. The quantitative estimate of drug-likeness (QED) is 0.0962. The van der Waals surface area contributed by atoms with Crippen LogP contribution in [0.4, 0.5) is 22.9 Å². The molecule has 3 fully saturated rings. The first kappa shape index (κ1) is 63.7. The van der Waals surface area contributed by atoms with Crippen LogP contribution in [0.15, 0.2) is 79.1 Å². The van der Waals surface area contributed by atoms with Crippen molar-refractivity contribution in [3.8, 4) is 35.3 Å². The lowest BCUT2D eigenvalue weighted by atomic mass is 9.76. The number of aryl methyl sites for hydroxylation is 2. The fourth-order valence-electron chi connectivity index (χ4n) is 8.62. The number of aromatic nitrogens is 7. The molecular weight excluding hydrogens is 1090 g/mol. The Morgan fingerprint density at radius 1 is 0.655 bits per heavy atom. The molecule has 3 saturated heterocycles. The first-order valence-electron chi connectivity index (χ1n) is 27.9. The van der Waals surface area contributed by atoms with Gasteiger partial charge in [-0.05, 0) is 156 Å². The van der Waals surface area contributed by atoms with Crippen LogP contribution in [-0.4, -0.2) is 130 Å². The van der Waals surface area contributed by atoms with Crippen molar-refractivity contribution < 1.29 is 37.8 Å². The summed E-state index contributed by atoms with van der Waals surface area (Å²) in [5.74, 6) is 1.41. The zero-order valence-corrected chi connectivity index (χ0v) is 51.2. The van der Waals surface area contributed by atoms with Crippen LogP contribution in [0.3, 0.4) is 0 Å². The van der Waals surface area contributed by atoms with Crippen molar-refractivity contribution in [2.75, 3.05) is 73.0 Å². The van der Waals surface area contributed by atoms with Crippen molar-refractivity contribution in [3.63, 3.8) is 0 Å². The Hall–Kier alpha value is -7.86. The second kappa shape index (κ2) is 27.2. The van der Waals surface area contributed by atoms with E-state index in [1.165, 1.54) is 6.20 Å². The number of halogens is 1. The molecule has 0 aliphatic carbocycles. The van der Waals surface area contributed by atoms with E-state index in [9.17, 15) is 20.1 Å². The molecule has 0 spiro atoms. The van der Waals surface area contributed by atoms with Gasteiger partial charge in [0.25, 0.3) is 23.6 Å². The lowest BCUT2D eigenvalue weighted by molar-refractivity contribution is 0.00578. The number of ether oxygens (including phenoxy) is 4. The topological polar surface area (TPSA) is 258 Å². The Balaban J connectivity index is 0.000000193. The SMILES string of the molecule is CC(C)Oc1nnc(Cl)cc1N1CCOCC1.Cc1ccc(NC(=O)c2ccnc(C(C)(C)C#N)c2)cc1-c1nnc(OC(C)C)c(N2CCOCC2)n1.Cc1ccc(NC(=O)c2ccnc(C(C)(C)C#N)c2)cc1B1OC(C)(C)C(C)(C)O1. The van der Waals surface area contributed by atoms with E-state index in [-0.39, 0.29) is 24.0 Å². The largest absolute Gasteiger partial charge is 0.495 e. The number of nitriles is 2. The van der Waals surface area contributed by atoms with Crippen LogP contribution >= 0.6 is 11.6 Å². The van der Waals surface area contributed by atoms with Crippen molar-refractivity contribution in [2.45, 2.75) is 131 Å². The molecule has 9 rings (SSSR count). The second-order valence-corrected chi connectivity index (χ2v) is 23.5. The highest BCUT2D eigenvalue weighted by Crippen LogP contribution is 2.37. The maximum Gasteiger partial charge on any atom is 0.495 e. The summed E-state index contributed by atoms with van der Waals surface area (Å²) in [6, 6.07) is 24.0. The molecule has 2 amide bonds. The number of carbonyl (C=O) groups excluding carboxylic acids is 2. The highest BCUT2D eigenvalue weighted by Gasteiger charge is 2.52. The number of nitrogens with zero attached hydrogens (tertiary/aromatic N) is 11. The van der Waals surface area contributed by atoms with Gasteiger partial charge in [-0.15, -0.1) is 20.4 Å². The summed E-state index contributed by atoms with van der Waals surface area (Å²) in [7, 11) is -0.504. The van der Waals surface area contributed by atoms with Gasteiger partial charge in [0.05, 0.1) is 84.2 Å². The lowest BCUT2D eigenvalue weighted by Crippen LogP contribution is -2.41. The summed E-state index contributed by atoms with van der Waals surface area (Å²) in [6.07, 6.45) is 3.07. The van der Waals surface area contributed by atoms with Gasteiger partial charge < -0.3 is 48.7 Å². The fraction of sp³-hybridized carbons (Fsp3) is 0.459. The van der Waals surface area contributed by atoms with Crippen molar-refractivity contribution in [2.24, 2.45) is 0 Å². The summed E-state index contributed by atoms with van der Waals surface area (Å²) < 4.78 is 34.7. The molecule has 4 aromatic heterocycles. The van der Waals surface area contributed by atoms with Gasteiger partial charge in [0.2, 0.25) is 0 Å². The van der Waals surface area contributed by atoms with Crippen molar-refractivity contribution in [1.82, 2.24) is 35.3 Å². The van der Waals surface area contributed by atoms with E-state index >= 15 is 0 Å². The van der Waals surface area contributed by atoms with Gasteiger partial charge in [0.1, 0.15) is 5.69 Å². The molecule has 0 atom stereocenters. The van der Waals surface area contributed by atoms with Crippen LogP contribution < -0.4 is 35.4 Å². The van der Waals surface area contributed by atoms with E-state index in [0.29, 0.717) is 102 Å². The lowest BCUT2D eigenvalue weighted by Gasteiger charge is -2.32. The molecule has 23 heteroatoms. The van der Waals surface area contributed by atoms with Crippen LogP contribution in [0.2, 0.25) is 5.15 Å². The summed E-state index contributed by atoms with van der Waals surface area (Å²) >= 11 is 5.89. The van der Waals surface area contributed by atoms with Crippen LogP contribution in [0.1, 0.15) is 126 Å². The van der Waals surface area contributed by atoms with Crippen molar-refractivity contribution in [3.05, 3.63) is 118 Å². The predicted molar refractivity (Wildman–Crippen MR) is 323 cm³/mol. The maximum atomic E-state index is 13.0. The molecule has 84 heavy (non-hydrogen) atoms. The minimum atomic E-state index is -0.804. The van der Waals surface area contributed by atoms with Gasteiger partial charge >= 0.3 is 7.12 Å². The number of rotatable bonds is 14. The molecule has 0 radical (unpaired) electrons. The maximum absolute atomic E-state index is 13.0. The molecule has 6 aromatic rings. The Morgan fingerprint density at radius 3 is 1.64 bits per heavy atom. The van der Waals surface area contributed by atoms with Crippen molar-refractivity contribution >= 4 is 58.9 Å². The summed E-state index contributed by atoms with van der Waals surface area (Å²) in [4.78, 5) is 43.4. The molecule has 21 nitrogen and oxygen atoms in total. The van der Waals surface area contributed by atoms with Crippen LogP contribution in [0.25, 0.3) is 11.4 Å². The summed E-state index contributed by atoms with van der Waals surface area (Å²) in [6.45, 7) is 32.5. The van der Waals surface area contributed by atoms with E-state index < -0.39 is 29.2 Å². The van der Waals surface area contributed by atoms with E-state index in [4.69, 9.17) is 44.8 Å². The third kappa shape index (κ3) is 16.1. The van der Waals surface area contributed by atoms with Gasteiger partial charge in [-0.1, -0.05) is 29.3 Å². The molecule has 442 valence electrons. The molecule has 0 saturated carbocycles. The van der Waals surface area contributed by atoms with Gasteiger partial charge in [0, 0.05) is 72.7 Å². The van der Waals surface area contributed by atoms with Crippen LogP contribution in [-0.2, 0) is 29.6 Å². The highest BCUT2D eigenvalue weighted by molar-refractivity contribution is 6.62. The minimum absolute atomic E-state index is 0.0604. The molecule has 3 aliphatic rings. The van der Waals surface area contributed by atoms with E-state index in [0.717, 1.165) is 40.9 Å². The molecule has 0 unspecified atom stereocenters. The zero-order chi connectivity index (χ0) is 61.1. The second-order valence-electron chi connectivity index (χ2n) is 23.1. The Labute approximate surface area is 497 Å². The zero-order valence-electron chi connectivity index (χ0n) is 50.5. The molecule has 3 aliphatic heterocycles. The van der Waals surface area contributed by atoms with E-state index in [1.54, 1.807) is 64.2 Å². The van der Waals surface area contributed by atoms with Gasteiger partial charge in [-0.3, -0.25) is 19.6 Å². The molecular formula is C61H75BClN13O8. The van der Waals surface area contributed by atoms with Crippen LogP contribution in [0, 0.1) is 36.5 Å². The number of pyridine rings is 2. The third-order valence-electron chi connectivity index (χ3n) is 14.4. The van der Waals surface area contributed by atoms with Gasteiger partial charge in [0.15, 0.2) is 16.8 Å². The smallest absolute Gasteiger partial charge is 0.472 e. The molecule has 2 N–H and O–H groups in total. The number of amides is 2. The van der Waals surface area contributed by atoms with Gasteiger partial charge in [-0.2, -0.15) is 10.5 Å². The summed E-state index contributed by atoms with van der Waals surface area (Å²) in [5.41, 5.74) is 5.20. The van der Waals surface area contributed by atoms with Crippen molar-refractivity contribution in [1.29, 1.82) is 10.5 Å². The third-order valence-corrected chi connectivity index (χ3v) is 14.6. The first-order valence-corrected chi connectivity index (χ1v) is 28.3. The van der Waals surface area contributed by atoms with Crippen LogP contribution in [0.5, 0.6) is 11.8 Å². The molecule has 7 heterocycles.